The summed E-state index contributed by atoms with van der Waals surface area (Å²) in [6, 6.07) is 0. The van der Waals surface area contributed by atoms with Crippen molar-refractivity contribution in [1.82, 2.24) is 0 Å². The molecule has 1 radical (unpaired) electrons. The van der Waals surface area contributed by atoms with Crippen LogP contribution in [0.5, 0.6) is 0 Å². The fourth-order valence-electron chi connectivity index (χ4n) is 16.4. The van der Waals surface area contributed by atoms with E-state index in [0.717, 1.165) is 257 Å². The molecule has 0 amide bonds. The molecule has 0 N–H and O–H groups in total. The Bertz CT molecular complexity index is 1590. The van der Waals surface area contributed by atoms with E-state index in [1.165, 1.54) is 89.9 Å². The summed E-state index contributed by atoms with van der Waals surface area (Å²) in [5, 5.41) is 19.1. The van der Waals surface area contributed by atoms with Crippen molar-refractivity contribution in [3.05, 3.63) is 0 Å². The fourth-order valence-corrected chi connectivity index (χ4v) is 30.2. The first kappa shape index (κ1) is 111. The zero-order valence-electron chi connectivity index (χ0n) is 61.9. The Morgan fingerprint density at radius 3 is 0.371 bits per heavy atom. The summed E-state index contributed by atoms with van der Waals surface area (Å²) in [6.07, 6.45) is 58.5. The second-order valence-corrected chi connectivity index (χ2v) is 43.7. The molecule has 0 aromatic rings. The van der Waals surface area contributed by atoms with Crippen molar-refractivity contribution in [2.24, 2.45) is 0 Å². The molecule has 10 fully saturated rings. The average molecular weight is 1610 g/mol. The van der Waals surface area contributed by atoms with E-state index in [1.54, 1.807) is 27.7 Å². The second kappa shape index (κ2) is 63.4. The molecule has 563 valence electrons. The minimum Gasteiger partial charge on any atom is -2.00 e. The third-order valence-electron chi connectivity index (χ3n) is 21.8. The number of hydrogen-bond acceptors (Lipinski definition) is 12. The topological polar surface area (TPSA) is 361 Å². The summed E-state index contributed by atoms with van der Waals surface area (Å²) < 4.78 is 61.8. The van der Waals surface area contributed by atoms with Gasteiger partial charge in [-0.25, -0.2) is 0 Å². The first-order chi connectivity index (χ1) is 42.4. The van der Waals surface area contributed by atoms with Crippen molar-refractivity contribution in [1.29, 1.82) is 0 Å². The van der Waals surface area contributed by atoms with E-state index in [-0.39, 0.29) is 165 Å². The van der Waals surface area contributed by atoms with Crippen LogP contribution in [0.3, 0.4) is 0 Å². The van der Waals surface area contributed by atoms with Gasteiger partial charge in [0.05, 0.1) is 0 Å². The zero-order chi connectivity index (χ0) is 65.6. The molecule has 0 aliphatic heterocycles. The molecule has 0 saturated heterocycles. The Morgan fingerprint density at radius 1 is 0.237 bits per heavy atom. The molecule has 0 aromatic carbocycles. The maximum absolute atomic E-state index is 12.4. The number of hydrogen-bond donors (Lipinski definition) is 0. The van der Waals surface area contributed by atoms with Gasteiger partial charge in [0.25, 0.3) is 0 Å². The molecule has 10 rings (SSSR count). The Kier molecular flexibility index (Phi) is 72.8. The van der Waals surface area contributed by atoms with Crippen molar-refractivity contribution < 1.29 is 166 Å². The summed E-state index contributed by atoms with van der Waals surface area (Å²) in [6.45, 7) is 10.9. The molecule has 0 spiro atoms. The van der Waals surface area contributed by atoms with E-state index in [9.17, 15) is 57.5 Å². The van der Waals surface area contributed by atoms with Crippen molar-refractivity contribution in [3.63, 3.8) is 0 Å². The molecular formula is C72H138O16P5Ti4. The van der Waals surface area contributed by atoms with Gasteiger partial charge in [0.2, 0.25) is 0 Å². The van der Waals surface area contributed by atoms with Crippen molar-refractivity contribution in [3.8, 4) is 0 Å². The summed E-state index contributed by atoms with van der Waals surface area (Å²) in [5.41, 5.74) is 0.364. The van der Waals surface area contributed by atoms with Gasteiger partial charge in [-0.2, -0.15) is 0 Å². The summed E-state index contributed by atoms with van der Waals surface area (Å²) in [7, 11) is -15.5. The van der Waals surface area contributed by atoms with Crippen molar-refractivity contribution >= 4 is 36.8 Å². The van der Waals surface area contributed by atoms with E-state index in [2.05, 4.69) is 13.8 Å². The Balaban J connectivity index is -0.000000249. The second-order valence-electron chi connectivity index (χ2n) is 29.9. The molecule has 25 heteroatoms. The van der Waals surface area contributed by atoms with Crippen LogP contribution in [0.15, 0.2) is 0 Å². The van der Waals surface area contributed by atoms with Gasteiger partial charge < -0.3 is 79.4 Å². The Morgan fingerprint density at radius 2 is 0.309 bits per heavy atom. The van der Waals surface area contributed by atoms with Gasteiger partial charge in [-0.15, -0.1) is 12.2 Å². The average Bonchev–Trinajstić information content (AvgIpc) is 0.967. The molecule has 0 atom stereocenters. The zero-order valence-corrected chi connectivity index (χ0v) is 72.6. The molecule has 0 aromatic heterocycles. The predicted octanol–water partition coefficient (Wildman–Crippen LogP) is 18.1. The molecule has 10 aliphatic rings. The molecular weight excluding hydrogens is 1470 g/mol. The van der Waals surface area contributed by atoms with Crippen LogP contribution >= 0.6 is 36.8 Å². The SMILES string of the molecule is CC(C)[O-].CC(C)[O-].CCCCCC.O=P([O-])(C1CCCCC1)C1CCCCC1.O=P([O-])(C1CCCCC1)C1CCCCC1.O=P([O-])(C1CCCCC1)C1CCCCC1.O=P([O-])(C1CCCCC1)C1CCCCC1.O=P([O-])(C1CCCCC1)C1CCCCC1.[O-2].[O-2].[O-2].[O-2].[Ti+3].[Ti+4].[Ti+4].[Ti+4]. The van der Waals surface area contributed by atoms with Crippen LogP contribution in [0.25, 0.3) is 0 Å². The molecule has 0 heterocycles. The quantitative estimate of drug-likeness (QED) is 0.0943. The first-order valence-electron chi connectivity index (χ1n) is 38.3. The van der Waals surface area contributed by atoms with Crippen LogP contribution in [0.4, 0.5) is 0 Å². The maximum atomic E-state index is 12.4. The largest absolute Gasteiger partial charge is 4.00 e. The molecule has 16 nitrogen and oxygen atoms in total. The van der Waals surface area contributed by atoms with E-state index in [4.69, 9.17) is 0 Å². The standard InChI is InChI=1S/5C12H23O2P.C6H14.2C3H7O.4O.4Ti/c5*13-15(14,11-7-3-1-4-8-11)12-9-5-2-6-10-12;1-3-5-6-4-2;2*1-3(2)4;;;;;;;;/h5*11-12H,1-10H2,(H,13,14);3-6H2,1-2H3;2*3H,1-2H3;;;;;;;;/q;;;;;;2*-1;4*-2;+3;3*+4/p-5. The van der Waals surface area contributed by atoms with Crippen LogP contribution in [-0.4, -0.2) is 68.8 Å². The Hall–Kier alpha value is 3.57. The van der Waals surface area contributed by atoms with Gasteiger partial charge in [0, 0.05) is 93.4 Å². The molecule has 10 aliphatic carbocycles. The van der Waals surface area contributed by atoms with Gasteiger partial charge in [-0.1, -0.05) is 260 Å². The summed E-state index contributed by atoms with van der Waals surface area (Å²) in [5.74, 6) is 0. The van der Waals surface area contributed by atoms with Crippen LogP contribution in [0, 0.1) is 0 Å². The van der Waals surface area contributed by atoms with E-state index < -0.39 is 49.1 Å². The monoisotopic (exact) mass is 1610 g/mol. The number of rotatable bonds is 13. The van der Waals surface area contributed by atoms with Crippen LogP contribution < -0.4 is 34.7 Å². The fraction of sp³-hybridized carbons (Fsp3) is 1.00. The third kappa shape index (κ3) is 44.1. The summed E-state index contributed by atoms with van der Waals surface area (Å²) in [4.78, 5) is 61.8. The van der Waals surface area contributed by atoms with Crippen LogP contribution in [-0.2, 0) is 132 Å². The molecule has 10 saturated carbocycles. The van der Waals surface area contributed by atoms with E-state index >= 15 is 0 Å². The van der Waals surface area contributed by atoms with E-state index in [0.29, 0.717) is 0 Å². The van der Waals surface area contributed by atoms with Crippen LogP contribution in [0.2, 0.25) is 0 Å². The molecule has 0 bridgehead atoms. The normalized spacial score (nSPS) is 22.0. The van der Waals surface area contributed by atoms with Crippen LogP contribution in [0.1, 0.15) is 388 Å². The van der Waals surface area contributed by atoms with Gasteiger partial charge in [-0.3, -0.25) is 0 Å². The van der Waals surface area contributed by atoms with Gasteiger partial charge in [-0.05, 0) is 128 Å². The minimum absolute atomic E-state index is 0. The van der Waals surface area contributed by atoms with E-state index in [1.807, 2.05) is 0 Å². The van der Waals surface area contributed by atoms with Gasteiger partial charge >= 0.3 is 86.9 Å². The minimum atomic E-state index is -3.09. The summed E-state index contributed by atoms with van der Waals surface area (Å²) >= 11 is 0. The smallest absolute Gasteiger partial charge is 2.00 e. The van der Waals surface area contributed by atoms with Gasteiger partial charge in [0.1, 0.15) is 0 Å². The molecule has 0 unspecified atom stereocenters. The van der Waals surface area contributed by atoms with Crippen molar-refractivity contribution in [2.75, 3.05) is 0 Å². The van der Waals surface area contributed by atoms with Crippen molar-refractivity contribution in [2.45, 2.75) is 457 Å². The maximum Gasteiger partial charge on any atom is 4.00 e. The third-order valence-corrected chi connectivity index (χ3v) is 37.1. The van der Waals surface area contributed by atoms with Gasteiger partial charge in [0.15, 0.2) is 0 Å². The predicted molar refractivity (Wildman–Crippen MR) is 370 cm³/mol. The Labute approximate surface area is 654 Å². The molecule has 97 heavy (non-hydrogen) atoms. The first-order valence-corrected chi connectivity index (χ1v) is 47.1. The number of unbranched alkanes of at least 4 members (excludes halogenated alkanes) is 3.